The molecule has 1 fully saturated rings. The van der Waals surface area contributed by atoms with Gasteiger partial charge in [-0.3, -0.25) is 0 Å². The molecule has 0 saturated carbocycles. The summed E-state index contributed by atoms with van der Waals surface area (Å²) in [4.78, 5) is 2.86. The molecule has 1 heterocycles. The number of nitrogens with zero attached hydrogens (tertiary/aromatic N) is 1. The summed E-state index contributed by atoms with van der Waals surface area (Å²) in [6.07, 6.45) is 3.79. The Hall–Kier alpha value is -2.96. The van der Waals surface area contributed by atoms with Crippen molar-refractivity contribution in [2.24, 2.45) is 0 Å². The van der Waals surface area contributed by atoms with E-state index in [9.17, 15) is 8.42 Å². The van der Waals surface area contributed by atoms with Crippen molar-refractivity contribution in [1.29, 1.82) is 0 Å². The van der Waals surface area contributed by atoms with Crippen molar-refractivity contribution in [3.63, 3.8) is 0 Å². The fraction of sp³-hybridized carbons (Fsp3) is 0.294. The average molecular weight is 573 g/mol. The monoisotopic (exact) mass is 572 g/mol. The van der Waals surface area contributed by atoms with Crippen LogP contribution in [-0.4, -0.2) is 39.5 Å². The van der Waals surface area contributed by atoms with Crippen LogP contribution in [0.15, 0.2) is 120 Å². The smallest absolute Gasteiger partial charge is 0.240 e. The number of sulfonamides is 1. The molecule has 1 aliphatic rings. The van der Waals surface area contributed by atoms with Crippen LogP contribution in [0.4, 0.5) is 0 Å². The zero-order valence-electron chi connectivity index (χ0n) is 22.8. The summed E-state index contributed by atoms with van der Waals surface area (Å²) in [6, 6.07) is 38.4. The highest BCUT2D eigenvalue weighted by Crippen LogP contribution is 2.42. The predicted molar refractivity (Wildman–Crippen MR) is 164 cm³/mol. The molecule has 1 unspecified atom stereocenters. The number of nitrogens with one attached hydrogen (secondary N) is 1. The highest BCUT2D eigenvalue weighted by atomic mass is 35.5. The van der Waals surface area contributed by atoms with Crippen LogP contribution in [0.5, 0.6) is 0 Å². The number of hydrogen-bond donors (Lipinski definition) is 1. The molecule has 1 atom stereocenters. The van der Waals surface area contributed by atoms with E-state index >= 15 is 0 Å². The lowest BCUT2D eigenvalue weighted by atomic mass is 9.68. The van der Waals surface area contributed by atoms with E-state index in [2.05, 4.69) is 76.4 Å². The van der Waals surface area contributed by atoms with Crippen LogP contribution in [-0.2, 0) is 15.4 Å². The Labute approximate surface area is 244 Å². The molecule has 6 heteroatoms. The first-order chi connectivity index (χ1) is 19.5. The fourth-order valence-corrected chi connectivity index (χ4v) is 7.31. The molecule has 0 aromatic heterocycles. The van der Waals surface area contributed by atoms with Crippen LogP contribution >= 0.6 is 11.6 Å². The second-order valence-electron chi connectivity index (χ2n) is 10.7. The molecule has 0 aliphatic carbocycles. The van der Waals surface area contributed by atoms with Gasteiger partial charge in [0.15, 0.2) is 0 Å². The molecule has 1 aliphatic heterocycles. The van der Waals surface area contributed by atoms with E-state index in [4.69, 9.17) is 11.6 Å². The average Bonchev–Trinajstić information content (AvgIpc) is 3.00. The maximum Gasteiger partial charge on any atom is 0.240 e. The number of halogens is 1. The summed E-state index contributed by atoms with van der Waals surface area (Å²) >= 11 is 6.35. The summed E-state index contributed by atoms with van der Waals surface area (Å²) in [7, 11) is -3.53. The first kappa shape index (κ1) is 28.6. The van der Waals surface area contributed by atoms with E-state index in [1.807, 2.05) is 24.3 Å². The van der Waals surface area contributed by atoms with Crippen molar-refractivity contribution in [1.82, 2.24) is 9.62 Å². The summed E-state index contributed by atoms with van der Waals surface area (Å²) in [5.74, 6) is 0.201. The van der Waals surface area contributed by atoms with Gasteiger partial charge in [0.1, 0.15) is 0 Å². The second-order valence-corrected chi connectivity index (χ2v) is 12.9. The van der Waals surface area contributed by atoms with Gasteiger partial charge >= 0.3 is 0 Å². The minimum absolute atomic E-state index is 0.0289. The lowest BCUT2D eigenvalue weighted by Gasteiger charge is -2.43. The first-order valence-electron chi connectivity index (χ1n) is 14.1. The third-order valence-corrected chi connectivity index (χ3v) is 10.0. The van der Waals surface area contributed by atoms with Gasteiger partial charge in [0.05, 0.1) is 4.90 Å². The molecule has 4 aromatic carbocycles. The molecule has 0 amide bonds. The van der Waals surface area contributed by atoms with Crippen molar-refractivity contribution >= 4 is 21.6 Å². The third kappa shape index (κ3) is 6.84. The first-order valence-corrected chi connectivity index (χ1v) is 16.0. The van der Waals surface area contributed by atoms with E-state index < -0.39 is 10.0 Å². The standard InChI is InChI=1S/C34H37ClN2O2S/c35-32-16-10-11-29(27-32)28(19-23-36-40(38,39)33-17-8-3-9-18-33)20-24-37-25-21-34(22-26-37,30-12-4-1-5-13-30)31-14-6-2-7-15-31/h1-18,27-28,36H,19-26H2. The molecule has 40 heavy (non-hydrogen) atoms. The van der Waals surface area contributed by atoms with Gasteiger partial charge in [0, 0.05) is 17.0 Å². The number of benzene rings is 4. The minimum Gasteiger partial charge on any atom is -0.303 e. The van der Waals surface area contributed by atoms with Crippen molar-refractivity contribution < 1.29 is 8.42 Å². The summed E-state index contributed by atoms with van der Waals surface area (Å²) < 4.78 is 28.3. The molecule has 0 radical (unpaired) electrons. The molecule has 5 rings (SSSR count). The maximum atomic E-state index is 12.8. The summed E-state index contributed by atoms with van der Waals surface area (Å²) in [6.45, 7) is 3.38. The van der Waals surface area contributed by atoms with Gasteiger partial charge in [-0.2, -0.15) is 0 Å². The zero-order chi connectivity index (χ0) is 27.8. The van der Waals surface area contributed by atoms with Gasteiger partial charge in [-0.15, -0.1) is 0 Å². The van der Waals surface area contributed by atoms with E-state index in [0.29, 0.717) is 22.9 Å². The number of hydrogen-bond acceptors (Lipinski definition) is 3. The van der Waals surface area contributed by atoms with E-state index in [1.54, 1.807) is 24.3 Å². The third-order valence-electron chi connectivity index (χ3n) is 8.31. The van der Waals surface area contributed by atoms with Crippen LogP contribution in [0.3, 0.4) is 0 Å². The molecule has 1 saturated heterocycles. The molecule has 4 nitrogen and oxygen atoms in total. The second kappa shape index (κ2) is 13.1. The van der Waals surface area contributed by atoms with Gasteiger partial charge in [0.25, 0.3) is 0 Å². The van der Waals surface area contributed by atoms with Crippen LogP contribution in [0.25, 0.3) is 0 Å². The van der Waals surface area contributed by atoms with Crippen molar-refractivity contribution in [2.45, 2.75) is 41.9 Å². The largest absolute Gasteiger partial charge is 0.303 e. The Morgan fingerprint density at radius 2 is 1.32 bits per heavy atom. The molecule has 1 N–H and O–H groups in total. The Morgan fingerprint density at radius 3 is 1.90 bits per heavy atom. The summed E-state index contributed by atoms with van der Waals surface area (Å²) in [5.41, 5.74) is 3.97. The Balaban J connectivity index is 1.25. The zero-order valence-corrected chi connectivity index (χ0v) is 24.3. The Morgan fingerprint density at radius 1 is 0.750 bits per heavy atom. The van der Waals surface area contributed by atoms with Gasteiger partial charge in [-0.25, -0.2) is 13.1 Å². The Kier molecular flexibility index (Phi) is 9.38. The van der Waals surface area contributed by atoms with Crippen LogP contribution in [0, 0.1) is 0 Å². The highest BCUT2D eigenvalue weighted by Gasteiger charge is 2.37. The SMILES string of the molecule is O=S(=O)(NCCC(CCN1CCC(c2ccccc2)(c2ccccc2)CC1)c1cccc(Cl)c1)c1ccccc1. The van der Waals surface area contributed by atoms with E-state index in [0.717, 1.165) is 44.5 Å². The molecule has 0 bridgehead atoms. The Bertz CT molecular complexity index is 1410. The van der Waals surface area contributed by atoms with Crippen LogP contribution < -0.4 is 4.72 Å². The van der Waals surface area contributed by atoms with Gasteiger partial charge in [0.2, 0.25) is 10.0 Å². The lowest BCUT2D eigenvalue weighted by Crippen LogP contribution is -2.43. The highest BCUT2D eigenvalue weighted by molar-refractivity contribution is 7.89. The van der Waals surface area contributed by atoms with Gasteiger partial charge < -0.3 is 4.90 Å². The number of piperidine rings is 1. The molecule has 208 valence electrons. The van der Waals surface area contributed by atoms with Crippen molar-refractivity contribution in [2.75, 3.05) is 26.2 Å². The fourth-order valence-electron chi connectivity index (χ4n) is 6.04. The maximum absolute atomic E-state index is 12.8. The predicted octanol–water partition coefficient (Wildman–Crippen LogP) is 7.26. The van der Waals surface area contributed by atoms with Gasteiger partial charge in [-0.1, -0.05) is 103 Å². The van der Waals surface area contributed by atoms with E-state index in [1.165, 1.54) is 11.1 Å². The summed E-state index contributed by atoms with van der Waals surface area (Å²) in [5, 5.41) is 0.709. The minimum atomic E-state index is -3.53. The van der Waals surface area contributed by atoms with Crippen LogP contribution in [0.2, 0.25) is 5.02 Å². The number of likely N-dealkylation sites (tertiary alicyclic amines) is 1. The van der Waals surface area contributed by atoms with Crippen LogP contribution in [0.1, 0.15) is 48.3 Å². The topological polar surface area (TPSA) is 49.4 Å². The molecule has 4 aromatic rings. The van der Waals surface area contributed by atoms with E-state index in [-0.39, 0.29) is 11.3 Å². The lowest BCUT2D eigenvalue weighted by molar-refractivity contribution is 0.173. The normalized spacial score (nSPS) is 16.4. The quantitative estimate of drug-likeness (QED) is 0.206. The van der Waals surface area contributed by atoms with Crippen molar-refractivity contribution in [3.05, 3.63) is 137 Å². The molecular formula is C34H37ClN2O2S. The molecular weight excluding hydrogens is 536 g/mol. The van der Waals surface area contributed by atoms with Crippen molar-refractivity contribution in [3.8, 4) is 0 Å². The van der Waals surface area contributed by atoms with Gasteiger partial charge in [-0.05, 0) is 92.2 Å². The number of rotatable bonds is 11. The molecule has 0 spiro atoms.